The fourth-order valence-electron chi connectivity index (χ4n) is 1.86. The van der Waals surface area contributed by atoms with Gasteiger partial charge in [0.25, 0.3) is 0 Å². The normalized spacial score (nSPS) is 16.1. The van der Waals surface area contributed by atoms with E-state index >= 15 is 0 Å². The van der Waals surface area contributed by atoms with Crippen molar-refractivity contribution in [2.45, 2.75) is 25.3 Å². The Morgan fingerprint density at radius 3 is 3.07 bits per heavy atom. The zero-order valence-electron chi connectivity index (χ0n) is 8.79. The predicted octanol–water partition coefficient (Wildman–Crippen LogP) is 2.89. The van der Waals surface area contributed by atoms with E-state index in [1.807, 2.05) is 18.4 Å². The van der Waals surface area contributed by atoms with Crippen molar-refractivity contribution in [3.8, 4) is 0 Å². The highest BCUT2D eigenvalue weighted by Gasteiger charge is 2.27. The van der Waals surface area contributed by atoms with Crippen molar-refractivity contribution >= 4 is 21.6 Å². The van der Waals surface area contributed by atoms with Gasteiger partial charge < -0.3 is 5.32 Å². The van der Waals surface area contributed by atoms with E-state index in [9.17, 15) is 0 Å². The van der Waals surface area contributed by atoms with Crippen LogP contribution in [0.3, 0.4) is 0 Å². The number of benzene rings is 1. The Balaban J connectivity index is 2.11. The van der Waals surface area contributed by atoms with Crippen LogP contribution in [-0.2, 0) is 6.54 Å². The lowest BCUT2D eigenvalue weighted by molar-refractivity contribution is 0.824. The van der Waals surface area contributed by atoms with Gasteiger partial charge in [0.2, 0.25) is 0 Å². The molecule has 0 spiro atoms. The molecule has 2 aromatic rings. The number of fused-ring (bicyclic) bond motifs is 1. The van der Waals surface area contributed by atoms with E-state index < -0.39 is 0 Å². The summed E-state index contributed by atoms with van der Waals surface area (Å²) in [7, 11) is 1.99. The van der Waals surface area contributed by atoms with Crippen molar-refractivity contribution in [1.82, 2.24) is 10.3 Å². The van der Waals surface area contributed by atoms with Gasteiger partial charge in [-0.1, -0.05) is 12.1 Å². The molecular formula is C12H14N2S. The minimum atomic E-state index is 0.768. The molecule has 0 unspecified atom stereocenters. The smallest absolute Gasteiger partial charge is 0.0969 e. The van der Waals surface area contributed by atoms with Gasteiger partial charge in [0.05, 0.1) is 15.2 Å². The van der Waals surface area contributed by atoms with Crippen molar-refractivity contribution < 1.29 is 0 Å². The zero-order chi connectivity index (χ0) is 10.3. The first kappa shape index (κ1) is 9.31. The molecule has 0 atom stereocenters. The first-order valence-corrected chi connectivity index (χ1v) is 6.23. The molecule has 1 saturated carbocycles. The molecule has 2 nitrogen and oxygen atoms in total. The molecule has 1 heterocycles. The van der Waals surface area contributed by atoms with Crippen molar-refractivity contribution in [1.29, 1.82) is 0 Å². The van der Waals surface area contributed by atoms with Gasteiger partial charge in [-0.05, 0) is 31.5 Å². The van der Waals surface area contributed by atoms with Crippen LogP contribution in [0.25, 0.3) is 10.2 Å². The monoisotopic (exact) mass is 218 g/mol. The van der Waals surface area contributed by atoms with Crippen LogP contribution in [0.1, 0.15) is 29.3 Å². The van der Waals surface area contributed by atoms with Crippen molar-refractivity contribution in [2.75, 3.05) is 7.05 Å². The Kier molecular flexibility index (Phi) is 2.22. The van der Waals surface area contributed by atoms with E-state index in [0.29, 0.717) is 0 Å². The third-order valence-corrected chi connectivity index (χ3v) is 4.12. The van der Waals surface area contributed by atoms with Crippen molar-refractivity contribution in [2.24, 2.45) is 0 Å². The molecule has 3 heteroatoms. The lowest BCUT2D eigenvalue weighted by Crippen LogP contribution is -2.04. The second kappa shape index (κ2) is 3.58. The average Bonchev–Trinajstić information content (AvgIpc) is 2.99. The lowest BCUT2D eigenvalue weighted by Gasteiger charge is -1.99. The molecule has 78 valence electrons. The van der Waals surface area contributed by atoms with E-state index in [1.165, 1.54) is 33.6 Å². The largest absolute Gasteiger partial charge is 0.316 e. The number of aromatic nitrogens is 1. The third kappa shape index (κ3) is 1.66. The summed E-state index contributed by atoms with van der Waals surface area (Å²) in [6, 6.07) is 6.41. The molecule has 1 fully saturated rings. The number of nitrogens with zero attached hydrogens (tertiary/aromatic N) is 1. The van der Waals surface area contributed by atoms with Crippen LogP contribution < -0.4 is 5.32 Å². The van der Waals surface area contributed by atoms with E-state index in [4.69, 9.17) is 4.98 Å². The molecular weight excluding hydrogens is 204 g/mol. The van der Waals surface area contributed by atoms with Crippen LogP contribution in [0.15, 0.2) is 18.2 Å². The molecule has 0 bridgehead atoms. The predicted molar refractivity (Wildman–Crippen MR) is 64.4 cm³/mol. The highest BCUT2D eigenvalue weighted by atomic mass is 32.1. The van der Waals surface area contributed by atoms with Crippen molar-refractivity contribution in [3.05, 3.63) is 28.8 Å². The van der Waals surface area contributed by atoms with Crippen LogP contribution in [0.2, 0.25) is 0 Å². The summed E-state index contributed by atoms with van der Waals surface area (Å²) in [6.07, 6.45) is 2.67. The summed E-state index contributed by atoms with van der Waals surface area (Å²) in [5.41, 5.74) is 2.55. The van der Waals surface area contributed by atoms with Crippen LogP contribution in [0, 0.1) is 0 Å². The summed E-state index contributed by atoms with van der Waals surface area (Å²) in [5, 5.41) is 4.55. The standard InChI is InChI=1S/C12H14N2S/c1-13-7-9-3-2-4-10-11(9)15-12(14-10)8-5-6-8/h2-4,8,13H,5-7H2,1H3. The maximum Gasteiger partial charge on any atom is 0.0969 e. The summed E-state index contributed by atoms with van der Waals surface area (Å²) in [5.74, 6) is 0.768. The van der Waals surface area contributed by atoms with Crippen LogP contribution >= 0.6 is 11.3 Å². The van der Waals surface area contributed by atoms with Gasteiger partial charge in [0.1, 0.15) is 0 Å². The minimum absolute atomic E-state index is 0.768. The van der Waals surface area contributed by atoms with E-state index in [1.54, 1.807) is 0 Å². The maximum absolute atomic E-state index is 4.71. The molecule has 1 aliphatic carbocycles. The third-order valence-electron chi connectivity index (χ3n) is 2.81. The summed E-state index contributed by atoms with van der Waals surface area (Å²) < 4.78 is 1.37. The summed E-state index contributed by atoms with van der Waals surface area (Å²) in [6.45, 7) is 0.934. The van der Waals surface area contributed by atoms with Gasteiger partial charge in [-0.3, -0.25) is 0 Å². The number of hydrogen-bond donors (Lipinski definition) is 1. The Labute approximate surface area is 93.3 Å². The summed E-state index contributed by atoms with van der Waals surface area (Å²) in [4.78, 5) is 4.71. The molecule has 0 radical (unpaired) electrons. The second-order valence-corrected chi connectivity index (χ2v) is 5.15. The molecule has 0 amide bonds. The highest BCUT2D eigenvalue weighted by molar-refractivity contribution is 7.18. The van der Waals surface area contributed by atoms with E-state index in [2.05, 4.69) is 23.5 Å². The highest BCUT2D eigenvalue weighted by Crippen LogP contribution is 2.43. The first-order valence-electron chi connectivity index (χ1n) is 5.41. The molecule has 0 aliphatic heterocycles. The Morgan fingerprint density at radius 2 is 2.33 bits per heavy atom. The SMILES string of the molecule is CNCc1cccc2nc(C3CC3)sc12. The number of rotatable bonds is 3. The van der Waals surface area contributed by atoms with Gasteiger partial charge in [-0.2, -0.15) is 0 Å². The van der Waals surface area contributed by atoms with Gasteiger partial charge >= 0.3 is 0 Å². The Morgan fingerprint density at radius 1 is 1.47 bits per heavy atom. The molecule has 15 heavy (non-hydrogen) atoms. The van der Waals surface area contributed by atoms with Crippen LogP contribution in [0.4, 0.5) is 0 Å². The maximum atomic E-state index is 4.71. The minimum Gasteiger partial charge on any atom is -0.316 e. The number of thiazole rings is 1. The average molecular weight is 218 g/mol. The molecule has 3 rings (SSSR count). The van der Waals surface area contributed by atoms with Crippen LogP contribution in [-0.4, -0.2) is 12.0 Å². The van der Waals surface area contributed by atoms with E-state index in [0.717, 1.165) is 12.5 Å². The fraction of sp³-hybridized carbons (Fsp3) is 0.417. The quantitative estimate of drug-likeness (QED) is 0.857. The topological polar surface area (TPSA) is 24.9 Å². The van der Waals surface area contributed by atoms with Gasteiger partial charge in [-0.25, -0.2) is 4.98 Å². The summed E-state index contributed by atoms with van der Waals surface area (Å²) >= 11 is 1.88. The molecule has 1 N–H and O–H groups in total. The van der Waals surface area contributed by atoms with Crippen LogP contribution in [0.5, 0.6) is 0 Å². The number of hydrogen-bond acceptors (Lipinski definition) is 3. The molecule has 0 saturated heterocycles. The van der Waals surface area contributed by atoms with Gasteiger partial charge in [-0.15, -0.1) is 11.3 Å². The molecule has 1 aliphatic rings. The lowest BCUT2D eigenvalue weighted by atomic mass is 10.2. The van der Waals surface area contributed by atoms with E-state index in [-0.39, 0.29) is 0 Å². The zero-order valence-corrected chi connectivity index (χ0v) is 9.60. The van der Waals surface area contributed by atoms with Gasteiger partial charge in [0, 0.05) is 12.5 Å². The molecule has 1 aromatic heterocycles. The van der Waals surface area contributed by atoms with Crippen molar-refractivity contribution in [3.63, 3.8) is 0 Å². The fourth-order valence-corrected chi connectivity index (χ4v) is 3.10. The first-order chi connectivity index (χ1) is 7.38. The molecule has 1 aromatic carbocycles. The second-order valence-electron chi connectivity index (χ2n) is 4.12. The number of nitrogens with one attached hydrogen (secondary N) is 1. The Hall–Kier alpha value is -0.930. The Bertz CT molecular complexity index is 485. The van der Waals surface area contributed by atoms with Gasteiger partial charge in [0.15, 0.2) is 0 Å².